The number of hydrogen-bond acceptors (Lipinski definition) is 4. The number of ether oxygens (including phenoxy) is 1. The highest BCUT2D eigenvalue weighted by Gasteiger charge is 2.18. The molecule has 7 heteroatoms. The van der Waals surface area contributed by atoms with Crippen LogP contribution in [0.1, 0.15) is 25.7 Å². The number of rotatable bonds is 9. The molecule has 3 aromatic rings. The molecule has 2 aromatic carbocycles. The highest BCUT2D eigenvalue weighted by Crippen LogP contribution is 2.25. The van der Waals surface area contributed by atoms with Crippen molar-refractivity contribution >= 4 is 28.6 Å². The maximum absolute atomic E-state index is 12.4. The zero-order valence-corrected chi connectivity index (χ0v) is 14.7. The molecular weight excluding hydrogens is 346 g/mol. The van der Waals surface area contributed by atoms with Crippen molar-refractivity contribution in [2.45, 2.75) is 31.8 Å². The van der Waals surface area contributed by atoms with E-state index in [4.69, 9.17) is 9.84 Å². The second-order valence-electron chi connectivity index (χ2n) is 6.20. The van der Waals surface area contributed by atoms with Crippen LogP contribution in [0.25, 0.3) is 11.0 Å². The lowest BCUT2D eigenvalue weighted by atomic mass is 10.1. The zero-order valence-electron chi connectivity index (χ0n) is 14.7. The average molecular weight is 367 g/mol. The molecule has 140 valence electrons. The minimum absolute atomic E-state index is 0.0345. The topological polar surface area (TPSA) is 104 Å². The minimum atomic E-state index is -0.864. The van der Waals surface area contributed by atoms with Crippen molar-refractivity contribution in [3.63, 3.8) is 0 Å². The summed E-state index contributed by atoms with van der Waals surface area (Å²) in [6.45, 7) is 0. The third-order valence-electron chi connectivity index (χ3n) is 4.09. The lowest BCUT2D eigenvalue weighted by Crippen LogP contribution is -2.25. The maximum Gasteiger partial charge on any atom is 0.303 e. The van der Waals surface area contributed by atoms with Gasteiger partial charge in [0.2, 0.25) is 5.91 Å². The average Bonchev–Trinajstić information content (AvgIpc) is 3.12. The van der Waals surface area contributed by atoms with Crippen LogP contribution in [0.2, 0.25) is 0 Å². The summed E-state index contributed by atoms with van der Waals surface area (Å²) < 4.78 is 6.04. The highest BCUT2D eigenvalue weighted by molar-refractivity contribution is 5.91. The Kier molecular flexibility index (Phi) is 6.04. The number of imidazole rings is 1. The van der Waals surface area contributed by atoms with Gasteiger partial charge >= 0.3 is 5.97 Å². The fourth-order valence-electron chi connectivity index (χ4n) is 2.84. The van der Waals surface area contributed by atoms with Crippen LogP contribution in [0.4, 0.5) is 5.69 Å². The van der Waals surface area contributed by atoms with Gasteiger partial charge in [0.1, 0.15) is 17.4 Å². The van der Waals surface area contributed by atoms with E-state index in [1.54, 1.807) is 12.4 Å². The van der Waals surface area contributed by atoms with Crippen LogP contribution in [0.15, 0.2) is 54.9 Å². The van der Waals surface area contributed by atoms with Gasteiger partial charge in [-0.05, 0) is 37.1 Å². The lowest BCUT2D eigenvalue weighted by Gasteiger charge is -2.19. The number of hydrogen-bond donors (Lipinski definition) is 3. The fourth-order valence-corrected chi connectivity index (χ4v) is 2.84. The molecular formula is C20H21N3O4. The van der Waals surface area contributed by atoms with E-state index in [-0.39, 0.29) is 18.7 Å². The Morgan fingerprint density at radius 1 is 1.15 bits per heavy atom. The van der Waals surface area contributed by atoms with Gasteiger partial charge < -0.3 is 20.1 Å². The monoisotopic (exact) mass is 367 g/mol. The molecule has 0 aliphatic carbocycles. The molecule has 1 atom stereocenters. The molecule has 1 heterocycles. The molecule has 1 unspecified atom stereocenters. The van der Waals surface area contributed by atoms with E-state index < -0.39 is 12.1 Å². The molecule has 1 aromatic heterocycles. The molecule has 0 aliphatic heterocycles. The van der Waals surface area contributed by atoms with Gasteiger partial charge in [0, 0.05) is 12.1 Å². The molecule has 0 aliphatic rings. The summed E-state index contributed by atoms with van der Waals surface area (Å²) >= 11 is 0. The Hall–Kier alpha value is -3.35. The Labute approximate surface area is 156 Å². The van der Waals surface area contributed by atoms with E-state index in [1.165, 1.54) is 0 Å². The third kappa shape index (κ3) is 5.31. The summed E-state index contributed by atoms with van der Waals surface area (Å²) in [4.78, 5) is 30.5. The van der Waals surface area contributed by atoms with Gasteiger partial charge in [0.15, 0.2) is 0 Å². The van der Waals surface area contributed by atoms with Gasteiger partial charge in [-0.3, -0.25) is 9.59 Å². The number of aromatic amines is 1. The smallest absolute Gasteiger partial charge is 0.303 e. The molecule has 0 spiro atoms. The zero-order chi connectivity index (χ0) is 19.1. The summed E-state index contributed by atoms with van der Waals surface area (Å²) in [5.74, 6) is -0.478. The number of amides is 1. The van der Waals surface area contributed by atoms with Crippen LogP contribution in [-0.2, 0) is 9.59 Å². The van der Waals surface area contributed by atoms with E-state index in [2.05, 4.69) is 15.3 Å². The van der Waals surface area contributed by atoms with E-state index in [9.17, 15) is 9.59 Å². The van der Waals surface area contributed by atoms with Gasteiger partial charge in [0.25, 0.3) is 0 Å². The normalized spacial score (nSPS) is 11.9. The first-order valence-electron chi connectivity index (χ1n) is 8.77. The van der Waals surface area contributed by atoms with Crippen LogP contribution in [0, 0.1) is 0 Å². The van der Waals surface area contributed by atoms with Crippen molar-refractivity contribution < 1.29 is 19.4 Å². The largest absolute Gasteiger partial charge is 0.488 e. The summed E-state index contributed by atoms with van der Waals surface area (Å²) in [7, 11) is 0. The van der Waals surface area contributed by atoms with Crippen molar-refractivity contribution in [3.05, 3.63) is 54.9 Å². The van der Waals surface area contributed by atoms with E-state index in [0.29, 0.717) is 29.8 Å². The highest BCUT2D eigenvalue weighted by atomic mass is 16.5. The molecule has 0 fully saturated rings. The molecule has 27 heavy (non-hydrogen) atoms. The first kappa shape index (κ1) is 18.4. The molecule has 0 radical (unpaired) electrons. The van der Waals surface area contributed by atoms with E-state index in [0.717, 1.165) is 5.52 Å². The van der Waals surface area contributed by atoms with Crippen LogP contribution < -0.4 is 10.1 Å². The number of carbonyl (C=O) groups excluding carboxylic acids is 1. The molecule has 0 bridgehead atoms. The second-order valence-corrected chi connectivity index (χ2v) is 6.20. The molecule has 0 saturated heterocycles. The fraction of sp³-hybridized carbons (Fsp3) is 0.250. The Morgan fingerprint density at radius 3 is 2.74 bits per heavy atom. The number of nitrogens with one attached hydrogen (secondary N) is 2. The predicted octanol–water partition coefficient (Wildman–Crippen LogP) is 3.59. The summed E-state index contributed by atoms with van der Waals surface area (Å²) in [6.07, 6.45) is 2.17. The number of nitrogens with zero attached hydrogens (tertiary/aromatic N) is 1. The van der Waals surface area contributed by atoms with Crippen molar-refractivity contribution in [3.8, 4) is 5.75 Å². The number of para-hydroxylation sites is 2. The number of aromatic nitrogens is 2. The van der Waals surface area contributed by atoms with Crippen molar-refractivity contribution in [1.82, 2.24) is 9.97 Å². The van der Waals surface area contributed by atoms with Gasteiger partial charge in [0.05, 0.1) is 18.3 Å². The predicted molar refractivity (Wildman–Crippen MR) is 102 cm³/mol. The maximum atomic E-state index is 12.4. The number of aliphatic carboxylic acids is 1. The van der Waals surface area contributed by atoms with Crippen molar-refractivity contribution in [1.29, 1.82) is 0 Å². The number of carboxylic acid groups (broad SMARTS) is 1. The Bertz CT molecular complexity index is 908. The number of carboxylic acids is 1. The Morgan fingerprint density at radius 2 is 1.96 bits per heavy atom. The second kappa shape index (κ2) is 8.84. The molecule has 3 rings (SSSR count). The van der Waals surface area contributed by atoms with E-state index in [1.807, 2.05) is 42.5 Å². The van der Waals surface area contributed by atoms with E-state index >= 15 is 0 Å². The summed E-state index contributed by atoms with van der Waals surface area (Å²) in [6, 6.07) is 14.7. The number of benzene rings is 2. The van der Waals surface area contributed by atoms with Gasteiger partial charge in [-0.1, -0.05) is 24.3 Å². The number of fused-ring (bicyclic) bond motifs is 1. The Balaban J connectivity index is 1.69. The number of carbonyl (C=O) groups is 2. The van der Waals surface area contributed by atoms with Crippen LogP contribution >= 0.6 is 0 Å². The lowest BCUT2D eigenvalue weighted by molar-refractivity contribution is -0.137. The van der Waals surface area contributed by atoms with Gasteiger partial charge in [-0.2, -0.15) is 0 Å². The van der Waals surface area contributed by atoms with Crippen molar-refractivity contribution in [2.75, 3.05) is 5.32 Å². The summed E-state index contributed by atoms with van der Waals surface area (Å²) in [5.41, 5.74) is 2.23. The molecule has 0 saturated carbocycles. The number of anilines is 1. The quantitative estimate of drug-likeness (QED) is 0.536. The molecule has 1 amide bonds. The SMILES string of the molecule is O=C(O)CCCC(CC(=O)Nc1ccccc1)Oc1cccc2[nH]cnc12. The van der Waals surface area contributed by atoms with Crippen LogP contribution in [0.3, 0.4) is 0 Å². The van der Waals surface area contributed by atoms with Crippen LogP contribution in [0.5, 0.6) is 5.75 Å². The summed E-state index contributed by atoms with van der Waals surface area (Å²) in [5, 5.41) is 11.7. The minimum Gasteiger partial charge on any atom is -0.488 e. The van der Waals surface area contributed by atoms with Crippen LogP contribution in [-0.4, -0.2) is 33.1 Å². The number of H-pyrrole nitrogens is 1. The first-order valence-corrected chi connectivity index (χ1v) is 8.77. The molecule has 7 nitrogen and oxygen atoms in total. The van der Waals surface area contributed by atoms with Crippen molar-refractivity contribution in [2.24, 2.45) is 0 Å². The van der Waals surface area contributed by atoms with Gasteiger partial charge in [-0.15, -0.1) is 0 Å². The third-order valence-corrected chi connectivity index (χ3v) is 4.09. The molecule has 3 N–H and O–H groups in total. The first-order chi connectivity index (χ1) is 13.1. The van der Waals surface area contributed by atoms with Gasteiger partial charge in [-0.25, -0.2) is 4.98 Å². The standard InChI is InChI=1S/C20H21N3O4/c24-18(23-14-6-2-1-3-7-14)12-15(8-4-11-19(25)26)27-17-10-5-9-16-20(17)22-13-21-16/h1-3,5-7,9-10,13,15H,4,8,11-12H2,(H,21,22)(H,23,24)(H,25,26).